The number of anilines is 1. The zero-order chi connectivity index (χ0) is 13.4. The molecule has 1 aromatic rings. The van der Waals surface area contributed by atoms with Crippen molar-refractivity contribution in [2.75, 3.05) is 12.3 Å². The lowest BCUT2D eigenvalue weighted by Crippen LogP contribution is -2.25. The number of carbonyl (C=O) groups is 2. The summed E-state index contributed by atoms with van der Waals surface area (Å²) >= 11 is 0. The maximum absolute atomic E-state index is 11.7. The Kier molecular flexibility index (Phi) is 5.70. The second kappa shape index (κ2) is 7.32. The van der Waals surface area contributed by atoms with Gasteiger partial charge < -0.3 is 16.2 Å². The number of nitrogens with two attached hydrogens (primary N) is 1. The molecule has 0 atom stereocenters. The molecule has 0 saturated heterocycles. The average Bonchev–Trinajstić information content (AvgIpc) is 2.33. The zero-order valence-electron chi connectivity index (χ0n) is 10.2. The Balaban J connectivity index is 2.22. The lowest BCUT2D eigenvalue weighted by Gasteiger charge is -2.06. The number of benzene rings is 1. The Morgan fingerprint density at radius 2 is 1.89 bits per heavy atom. The van der Waals surface area contributed by atoms with Gasteiger partial charge in [-0.1, -0.05) is 18.6 Å². The second-order valence-corrected chi connectivity index (χ2v) is 4.05. The second-order valence-electron chi connectivity index (χ2n) is 4.05. The van der Waals surface area contributed by atoms with E-state index in [-0.39, 0.29) is 12.3 Å². The Labute approximate surface area is 106 Å². The first-order chi connectivity index (χ1) is 8.61. The van der Waals surface area contributed by atoms with Gasteiger partial charge in [0.25, 0.3) is 5.91 Å². The van der Waals surface area contributed by atoms with E-state index in [2.05, 4.69) is 5.32 Å². The number of nitrogen functional groups attached to an aromatic ring is 1. The minimum Gasteiger partial charge on any atom is -0.481 e. The maximum Gasteiger partial charge on any atom is 0.303 e. The van der Waals surface area contributed by atoms with E-state index in [1.54, 1.807) is 24.3 Å². The number of unbranched alkanes of at least 4 members (excludes halogenated alkanes) is 2. The summed E-state index contributed by atoms with van der Waals surface area (Å²) in [5.41, 5.74) is 6.61. The Bertz CT molecular complexity index is 418. The van der Waals surface area contributed by atoms with E-state index in [1.807, 2.05) is 0 Å². The van der Waals surface area contributed by atoms with Gasteiger partial charge in [-0.2, -0.15) is 0 Å². The van der Waals surface area contributed by atoms with Gasteiger partial charge in [0.05, 0.1) is 5.56 Å². The number of carboxylic acid groups (broad SMARTS) is 1. The van der Waals surface area contributed by atoms with E-state index < -0.39 is 5.97 Å². The fraction of sp³-hybridized carbons (Fsp3) is 0.385. The normalized spacial score (nSPS) is 10.0. The van der Waals surface area contributed by atoms with Crippen LogP contribution in [0.4, 0.5) is 5.69 Å². The molecule has 0 heterocycles. The number of carboxylic acids is 1. The highest BCUT2D eigenvalue weighted by molar-refractivity contribution is 5.98. The summed E-state index contributed by atoms with van der Waals surface area (Å²) in [5, 5.41) is 11.2. The van der Waals surface area contributed by atoms with Crippen molar-refractivity contribution in [1.29, 1.82) is 0 Å². The summed E-state index contributed by atoms with van der Waals surface area (Å²) in [4.78, 5) is 22.0. The molecule has 0 saturated carbocycles. The third kappa shape index (κ3) is 4.86. The molecule has 1 aromatic carbocycles. The van der Waals surface area contributed by atoms with Crippen LogP contribution in [0.3, 0.4) is 0 Å². The third-order valence-electron chi connectivity index (χ3n) is 2.56. The van der Waals surface area contributed by atoms with Crippen molar-refractivity contribution >= 4 is 17.6 Å². The van der Waals surface area contributed by atoms with Crippen LogP contribution < -0.4 is 11.1 Å². The number of aliphatic carboxylic acids is 1. The van der Waals surface area contributed by atoms with Crippen LogP contribution in [-0.4, -0.2) is 23.5 Å². The topological polar surface area (TPSA) is 92.4 Å². The molecule has 0 radical (unpaired) electrons. The van der Waals surface area contributed by atoms with E-state index in [1.165, 1.54) is 0 Å². The first kappa shape index (κ1) is 14.0. The van der Waals surface area contributed by atoms with Gasteiger partial charge in [-0.3, -0.25) is 9.59 Å². The molecular formula is C13H18N2O3. The molecule has 0 bridgehead atoms. The quantitative estimate of drug-likeness (QED) is 0.506. The van der Waals surface area contributed by atoms with Crippen molar-refractivity contribution in [2.45, 2.75) is 25.7 Å². The lowest BCUT2D eigenvalue weighted by molar-refractivity contribution is -0.137. The molecule has 4 N–H and O–H groups in total. The fourth-order valence-electron chi connectivity index (χ4n) is 1.58. The van der Waals surface area contributed by atoms with Crippen molar-refractivity contribution in [2.24, 2.45) is 0 Å². The number of para-hydroxylation sites is 1. The van der Waals surface area contributed by atoms with Crippen LogP contribution in [0, 0.1) is 0 Å². The molecular weight excluding hydrogens is 232 g/mol. The monoisotopic (exact) mass is 250 g/mol. The van der Waals surface area contributed by atoms with Crippen molar-refractivity contribution < 1.29 is 14.7 Å². The molecule has 0 aliphatic carbocycles. The van der Waals surface area contributed by atoms with Gasteiger partial charge in [0.2, 0.25) is 0 Å². The Hall–Kier alpha value is -2.04. The van der Waals surface area contributed by atoms with Crippen molar-refractivity contribution in [3.8, 4) is 0 Å². The third-order valence-corrected chi connectivity index (χ3v) is 2.56. The van der Waals surface area contributed by atoms with Crippen LogP contribution in [0.15, 0.2) is 24.3 Å². The lowest BCUT2D eigenvalue weighted by atomic mass is 10.1. The molecule has 0 aliphatic heterocycles. The van der Waals surface area contributed by atoms with Crippen LogP contribution in [0.1, 0.15) is 36.0 Å². The standard InChI is InChI=1S/C13H18N2O3/c14-11-7-4-3-6-10(11)13(18)15-9-5-1-2-8-12(16)17/h3-4,6-7H,1-2,5,8-9,14H2,(H,15,18)(H,16,17). The van der Waals surface area contributed by atoms with Gasteiger partial charge in [0, 0.05) is 18.7 Å². The maximum atomic E-state index is 11.7. The van der Waals surface area contributed by atoms with Crippen molar-refractivity contribution in [1.82, 2.24) is 5.32 Å². The van der Waals surface area contributed by atoms with Gasteiger partial charge in [-0.25, -0.2) is 0 Å². The molecule has 98 valence electrons. The largest absolute Gasteiger partial charge is 0.481 e. The molecule has 0 aliphatic rings. The van der Waals surface area contributed by atoms with Gasteiger partial charge in [-0.05, 0) is 25.0 Å². The fourth-order valence-corrected chi connectivity index (χ4v) is 1.58. The highest BCUT2D eigenvalue weighted by Crippen LogP contribution is 2.09. The van der Waals surface area contributed by atoms with Crippen LogP contribution in [0.2, 0.25) is 0 Å². The minimum absolute atomic E-state index is 0.180. The van der Waals surface area contributed by atoms with Gasteiger partial charge in [0.1, 0.15) is 0 Å². The van der Waals surface area contributed by atoms with E-state index in [9.17, 15) is 9.59 Å². The summed E-state index contributed by atoms with van der Waals surface area (Å²) in [6, 6.07) is 6.90. The molecule has 5 nitrogen and oxygen atoms in total. The molecule has 5 heteroatoms. The van der Waals surface area contributed by atoms with E-state index in [0.717, 1.165) is 12.8 Å². The summed E-state index contributed by atoms with van der Waals surface area (Å²) in [5.74, 6) is -0.970. The molecule has 1 rings (SSSR count). The number of hydrogen-bond acceptors (Lipinski definition) is 3. The summed E-state index contributed by atoms with van der Waals surface area (Å²) in [6.07, 6.45) is 2.38. The first-order valence-electron chi connectivity index (χ1n) is 5.95. The molecule has 0 aromatic heterocycles. The number of rotatable bonds is 7. The van der Waals surface area contributed by atoms with Crippen molar-refractivity contribution in [3.05, 3.63) is 29.8 Å². The highest BCUT2D eigenvalue weighted by atomic mass is 16.4. The Morgan fingerprint density at radius 1 is 1.17 bits per heavy atom. The van der Waals surface area contributed by atoms with Crippen molar-refractivity contribution in [3.63, 3.8) is 0 Å². The Morgan fingerprint density at radius 3 is 2.56 bits per heavy atom. The molecule has 0 unspecified atom stereocenters. The predicted molar refractivity (Wildman–Crippen MR) is 69.3 cm³/mol. The van der Waals surface area contributed by atoms with Crippen LogP contribution in [0.5, 0.6) is 0 Å². The van der Waals surface area contributed by atoms with Gasteiger partial charge in [-0.15, -0.1) is 0 Å². The number of amides is 1. The highest BCUT2D eigenvalue weighted by Gasteiger charge is 2.07. The van der Waals surface area contributed by atoms with Gasteiger partial charge >= 0.3 is 5.97 Å². The van der Waals surface area contributed by atoms with Gasteiger partial charge in [0.15, 0.2) is 0 Å². The number of hydrogen-bond donors (Lipinski definition) is 3. The number of carbonyl (C=O) groups excluding carboxylic acids is 1. The predicted octanol–water partition coefficient (Wildman–Crippen LogP) is 1.64. The van der Waals surface area contributed by atoms with Crippen LogP contribution in [-0.2, 0) is 4.79 Å². The molecule has 18 heavy (non-hydrogen) atoms. The minimum atomic E-state index is -0.781. The summed E-state index contributed by atoms with van der Waals surface area (Å²) in [7, 11) is 0. The molecule has 0 fully saturated rings. The summed E-state index contributed by atoms with van der Waals surface area (Å²) in [6.45, 7) is 0.535. The summed E-state index contributed by atoms with van der Waals surface area (Å²) < 4.78 is 0. The average molecular weight is 250 g/mol. The molecule has 0 spiro atoms. The van der Waals surface area contributed by atoms with E-state index in [0.29, 0.717) is 24.2 Å². The first-order valence-corrected chi connectivity index (χ1v) is 5.95. The SMILES string of the molecule is Nc1ccccc1C(=O)NCCCCCC(=O)O. The molecule has 1 amide bonds. The van der Waals surface area contributed by atoms with Crippen LogP contribution in [0.25, 0.3) is 0 Å². The number of nitrogens with one attached hydrogen (secondary N) is 1. The van der Waals surface area contributed by atoms with Crippen LogP contribution >= 0.6 is 0 Å². The van der Waals surface area contributed by atoms with E-state index >= 15 is 0 Å². The smallest absolute Gasteiger partial charge is 0.303 e. The zero-order valence-corrected chi connectivity index (χ0v) is 10.2. The van der Waals surface area contributed by atoms with E-state index in [4.69, 9.17) is 10.8 Å².